The maximum atomic E-state index is 12.0. The number of pyridine rings is 2. The number of rotatable bonds is 3. The molecule has 3 heterocycles. The largest absolute Gasteiger partial charge is 0.417 e. The van der Waals surface area contributed by atoms with Crippen LogP contribution in [-0.2, 0) is 16.5 Å². The second-order valence-electron chi connectivity index (χ2n) is 6.60. The molecule has 1 aliphatic heterocycles. The normalized spacial score (nSPS) is 20.0. The number of amides is 1. The van der Waals surface area contributed by atoms with Crippen LogP contribution in [0.1, 0.15) is 30.2 Å². The Morgan fingerprint density at radius 3 is 2.67 bits per heavy atom. The molecule has 0 radical (unpaired) electrons. The molecule has 11 heteroatoms. The minimum atomic E-state index is -4.37. The standard InChI is InChI=1S/C12H16N4OS.C7H5ClF3N/c1-12(3-4-18-11(13-2)16-12)9-5-10(15-8-17)7-14-6-9;1-4-6(8)2-5(3-12-4)7(9,10)11/h5-8H,3-4H2,1-2H3,(H,13,16)(H,15,17);2-3H,1H3. The molecule has 0 bridgehead atoms. The Morgan fingerprint density at radius 2 is 2.07 bits per heavy atom. The number of halogens is 4. The number of aliphatic imine (C=N–C) groups is 1. The molecule has 1 fully saturated rings. The zero-order chi connectivity index (χ0) is 22.4. The van der Waals surface area contributed by atoms with E-state index < -0.39 is 11.7 Å². The lowest BCUT2D eigenvalue weighted by Gasteiger charge is -2.36. The third-order valence-corrected chi connectivity index (χ3v) is 5.73. The molecule has 2 N–H and O–H groups in total. The Labute approximate surface area is 181 Å². The fourth-order valence-corrected chi connectivity index (χ4v) is 3.87. The maximum absolute atomic E-state index is 12.0. The molecule has 1 aliphatic rings. The second-order valence-corrected chi connectivity index (χ2v) is 8.09. The Hall–Kier alpha value is -2.33. The van der Waals surface area contributed by atoms with E-state index in [0.29, 0.717) is 17.8 Å². The van der Waals surface area contributed by atoms with Crippen molar-refractivity contribution in [2.45, 2.75) is 32.0 Å². The molecule has 1 atom stereocenters. The number of nitrogens with one attached hydrogen (secondary N) is 2. The van der Waals surface area contributed by atoms with Crippen molar-refractivity contribution in [3.05, 3.63) is 52.6 Å². The van der Waals surface area contributed by atoms with E-state index in [1.54, 1.807) is 31.9 Å². The number of alkyl halides is 3. The number of thioether (sulfide) groups is 1. The van der Waals surface area contributed by atoms with Gasteiger partial charge in [0.25, 0.3) is 0 Å². The third kappa shape index (κ3) is 6.33. The molecule has 1 unspecified atom stereocenters. The van der Waals surface area contributed by atoms with Gasteiger partial charge in [-0.05, 0) is 38.0 Å². The van der Waals surface area contributed by atoms with Gasteiger partial charge in [-0.25, -0.2) is 0 Å². The lowest BCUT2D eigenvalue weighted by molar-refractivity contribution is -0.137. The van der Waals surface area contributed by atoms with Gasteiger partial charge in [-0.2, -0.15) is 13.2 Å². The second kappa shape index (κ2) is 10.1. The van der Waals surface area contributed by atoms with Crippen molar-refractivity contribution in [2.75, 3.05) is 18.1 Å². The molecule has 6 nitrogen and oxygen atoms in total. The molecule has 1 amide bonds. The highest BCUT2D eigenvalue weighted by atomic mass is 35.5. The topological polar surface area (TPSA) is 79.3 Å². The van der Waals surface area contributed by atoms with Gasteiger partial charge < -0.3 is 10.6 Å². The van der Waals surface area contributed by atoms with Crippen LogP contribution in [0.4, 0.5) is 18.9 Å². The lowest BCUT2D eigenvalue weighted by atomic mass is 9.90. The van der Waals surface area contributed by atoms with Crippen molar-refractivity contribution < 1.29 is 18.0 Å². The highest BCUT2D eigenvalue weighted by Crippen LogP contribution is 2.32. The minimum absolute atomic E-state index is 0.0322. The monoisotopic (exact) mass is 459 g/mol. The molecule has 30 heavy (non-hydrogen) atoms. The number of carbonyl (C=O) groups excluding carboxylic acids is 1. The van der Waals surface area contributed by atoms with E-state index in [1.165, 1.54) is 0 Å². The Morgan fingerprint density at radius 1 is 1.33 bits per heavy atom. The van der Waals surface area contributed by atoms with Gasteiger partial charge >= 0.3 is 6.18 Å². The van der Waals surface area contributed by atoms with Gasteiger partial charge in [-0.3, -0.25) is 19.8 Å². The van der Waals surface area contributed by atoms with E-state index in [0.717, 1.165) is 35.2 Å². The molecule has 162 valence electrons. The zero-order valence-corrected chi connectivity index (χ0v) is 18.1. The molecule has 1 saturated heterocycles. The van der Waals surface area contributed by atoms with Gasteiger partial charge in [0.2, 0.25) is 6.41 Å². The van der Waals surface area contributed by atoms with Gasteiger partial charge in [0.05, 0.1) is 33.7 Å². The van der Waals surface area contributed by atoms with Crippen LogP contribution in [0, 0.1) is 6.92 Å². The fourth-order valence-electron chi connectivity index (χ4n) is 2.57. The molecular weight excluding hydrogens is 439 g/mol. The highest BCUT2D eigenvalue weighted by Gasteiger charge is 2.32. The van der Waals surface area contributed by atoms with E-state index in [2.05, 4.69) is 32.5 Å². The molecule has 0 saturated carbocycles. The number of amidine groups is 1. The first-order chi connectivity index (χ1) is 14.1. The quantitative estimate of drug-likeness (QED) is 0.654. The van der Waals surface area contributed by atoms with E-state index in [9.17, 15) is 18.0 Å². The first-order valence-electron chi connectivity index (χ1n) is 8.82. The van der Waals surface area contributed by atoms with Crippen molar-refractivity contribution in [2.24, 2.45) is 4.99 Å². The Kier molecular flexibility index (Phi) is 8.08. The summed E-state index contributed by atoms with van der Waals surface area (Å²) < 4.78 is 36.0. The smallest absolute Gasteiger partial charge is 0.356 e. The van der Waals surface area contributed by atoms with Crippen LogP contribution in [0.3, 0.4) is 0 Å². The zero-order valence-electron chi connectivity index (χ0n) is 16.5. The Bertz CT molecular complexity index is 925. The molecule has 2 aromatic rings. The van der Waals surface area contributed by atoms with Gasteiger partial charge in [-0.1, -0.05) is 23.4 Å². The number of hydrogen-bond acceptors (Lipinski definition) is 5. The summed E-state index contributed by atoms with van der Waals surface area (Å²) in [5.74, 6) is 1.02. The van der Waals surface area contributed by atoms with Crippen LogP contribution in [-0.4, -0.2) is 34.3 Å². The predicted molar refractivity (Wildman–Crippen MR) is 114 cm³/mol. The SMILES string of the molecule is CN=C1NC(C)(c2cncc(NC=O)c2)CCS1.Cc1ncc(C(F)(F)F)cc1Cl. The summed E-state index contributed by atoms with van der Waals surface area (Å²) in [6.07, 6.45) is 1.50. The van der Waals surface area contributed by atoms with E-state index >= 15 is 0 Å². The number of aryl methyl sites for hydroxylation is 1. The average molecular weight is 460 g/mol. The first kappa shape index (κ1) is 23.9. The van der Waals surface area contributed by atoms with E-state index in [4.69, 9.17) is 11.6 Å². The summed E-state index contributed by atoms with van der Waals surface area (Å²) >= 11 is 7.18. The van der Waals surface area contributed by atoms with Gasteiger partial charge in [0, 0.05) is 25.2 Å². The van der Waals surface area contributed by atoms with Crippen molar-refractivity contribution in [3.8, 4) is 0 Å². The first-order valence-corrected chi connectivity index (χ1v) is 10.2. The van der Waals surface area contributed by atoms with E-state index in [1.807, 2.05) is 12.3 Å². The number of aromatic nitrogens is 2. The molecule has 0 aromatic carbocycles. The average Bonchev–Trinajstić information content (AvgIpc) is 2.70. The number of carbonyl (C=O) groups is 1. The lowest BCUT2D eigenvalue weighted by Crippen LogP contribution is -2.46. The summed E-state index contributed by atoms with van der Waals surface area (Å²) in [6, 6.07) is 2.81. The maximum Gasteiger partial charge on any atom is 0.417 e. The molecule has 3 rings (SSSR count). The summed E-state index contributed by atoms with van der Waals surface area (Å²) in [5.41, 5.74) is 1.14. The number of anilines is 1. The highest BCUT2D eigenvalue weighted by molar-refractivity contribution is 8.13. The molecular formula is C19H21ClF3N5OS. The van der Waals surface area contributed by atoms with Crippen molar-refractivity contribution in [3.63, 3.8) is 0 Å². The number of hydrogen-bond donors (Lipinski definition) is 2. The predicted octanol–water partition coefficient (Wildman–Crippen LogP) is 4.64. The summed E-state index contributed by atoms with van der Waals surface area (Å²) in [6.45, 7) is 3.67. The van der Waals surface area contributed by atoms with E-state index in [-0.39, 0.29) is 10.6 Å². The van der Waals surface area contributed by atoms with Gasteiger partial charge in [0.1, 0.15) is 0 Å². The van der Waals surface area contributed by atoms with Gasteiger partial charge in [-0.15, -0.1) is 0 Å². The van der Waals surface area contributed by atoms with Gasteiger partial charge in [0.15, 0.2) is 5.17 Å². The Balaban J connectivity index is 0.000000232. The van der Waals surface area contributed by atoms with Crippen LogP contribution in [0.2, 0.25) is 5.02 Å². The molecule has 0 aliphatic carbocycles. The minimum Gasteiger partial charge on any atom is -0.356 e. The van der Waals surface area contributed by atoms with Crippen LogP contribution >= 0.6 is 23.4 Å². The number of nitrogens with zero attached hydrogens (tertiary/aromatic N) is 3. The summed E-state index contributed by atoms with van der Waals surface area (Å²) in [7, 11) is 1.78. The summed E-state index contributed by atoms with van der Waals surface area (Å²) in [4.78, 5) is 22.3. The van der Waals surface area contributed by atoms with Crippen LogP contribution in [0.5, 0.6) is 0 Å². The molecule has 2 aromatic heterocycles. The van der Waals surface area contributed by atoms with Crippen LogP contribution in [0.15, 0.2) is 35.7 Å². The summed E-state index contributed by atoms with van der Waals surface area (Å²) in [5, 5.41) is 7.02. The van der Waals surface area contributed by atoms with Crippen molar-refractivity contribution in [1.82, 2.24) is 15.3 Å². The van der Waals surface area contributed by atoms with Crippen LogP contribution in [0.25, 0.3) is 0 Å². The third-order valence-electron chi connectivity index (χ3n) is 4.38. The molecule has 0 spiro atoms. The fraction of sp³-hybridized carbons (Fsp3) is 0.368. The van der Waals surface area contributed by atoms with Crippen molar-refractivity contribution >= 4 is 40.6 Å². The van der Waals surface area contributed by atoms with Crippen molar-refractivity contribution in [1.29, 1.82) is 0 Å². The van der Waals surface area contributed by atoms with Crippen LogP contribution < -0.4 is 10.6 Å².